The molecule has 106 valence electrons. The summed E-state index contributed by atoms with van der Waals surface area (Å²) in [7, 11) is 0. The fourth-order valence-electron chi connectivity index (χ4n) is 2.35. The lowest BCUT2D eigenvalue weighted by Crippen LogP contribution is -2.14. The Morgan fingerprint density at radius 1 is 1.10 bits per heavy atom. The molecule has 3 nitrogen and oxygen atoms in total. The molecule has 0 N–H and O–H groups in total. The van der Waals surface area contributed by atoms with Crippen molar-refractivity contribution in [1.82, 2.24) is 9.97 Å². The summed E-state index contributed by atoms with van der Waals surface area (Å²) in [5.41, 5.74) is 4.17. The van der Waals surface area contributed by atoms with Crippen molar-refractivity contribution in [2.24, 2.45) is 0 Å². The Hall–Kier alpha value is -2.42. The maximum Gasteiger partial charge on any atom is 0.123 e. The van der Waals surface area contributed by atoms with E-state index in [1.807, 2.05) is 31.2 Å². The molecule has 0 aliphatic heterocycles. The van der Waals surface area contributed by atoms with Crippen LogP contribution in [0.2, 0.25) is 0 Å². The van der Waals surface area contributed by atoms with Gasteiger partial charge in [0.25, 0.3) is 0 Å². The molecule has 0 amide bonds. The summed E-state index contributed by atoms with van der Waals surface area (Å²) in [6.45, 7) is 4.12. The first-order valence-electron chi connectivity index (χ1n) is 7.14. The van der Waals surface area contributed by atoms with Gasteiger partial charge in [-0.1, -0.05) is 18.2 Å². The van der Waals surface area contributed by atoms with Gasteiger partial charge < -0.3 is 4.74 Å². The number of hydrogen-bond acceptors (Lipinski definition) is 3. The Morgan fingerprint density at radius 3 is 2.57 bits per heavy atom. The van der Waals surface area contributed by atoms with Crippen molar-refractivity contribution in [1.29, 1.82) is 0 Å². The molecule has 0 fully saturated rings. The van der Waals surface area contributed by atoms with Gasteiger partial charge in [-0.25, -0.2) is 0 Å². The Balaban J connectivity index is 1.80. The molecule has 0 saturated heterocycles. The van der Waals surface area contributed by atoms with Gasteiger partial charge >= 0.3 is 0 Å². The van der Waals surface area contributed by atoms with Gasteiger partial charge in [0, 0.05) is 18.5 Å². The summed E-state index contributed by atoms with van der Waals surface area (Å²) < 4.78 is 6.01. The first-order valence-corrected chi connectivity index (χ1v) is 7.14. The molecule has 1 unspecified atom stereocenters. The summed E-state index contributed by atoms with van der Waals surface area (Å²) in [6, 6.07) is 7.84. The van der Waals surface area contributed by atoms with Crippen LogP contribution in [0.25, 0.3) is 11.4 Å². The topological polar surface area (TPSA) is 35.0 Å². The zero-order valence-corrected chi connectivity index (χ0v) is 12.3. The van der Waals surface area contributed by atoms with E-state index < -0.39 is 0 Å². The first kappa shape index (κ1) is 13.6. The summed E-state index contributed by atoms with van der Waals surface area (Å²) in [5, 5.41) is 0. The van der Waals surface area contributed by atoms with Gasteiger partial charge in [0.15, 0.2) is 0 Å². The van der Waals surface area contributed by atoms with Gasteiger partial charge in [-0.2, -0.15) is 0 Å². The highest BCUT2D eigenvalue weighted by Gasteiger charge is 2.12. The third-order valence-electron chi connectivity index (χ3n) is 3.54. The Kier molecular flexibility index (Phi) is 3.82. The standard InChI is InChI=1S/C18H18N2O/c1-13-7-9-19-17(11-13)18-12-16(8-10-20-18)21-14(2)15-5-3-4-6-15/h3-5,7-12,14H,6H2,1-2H3. The molecule has 1 aliphatic carbocycles. The van der Waals surface area contributed by atoms with Gasteiger partial charge in [0.1, 0.15) is 11.9 Å². The highest BCUT2D eigenvalue weighted by Crippen LogP contribution is 2.24. The molecule has 2 heterocycles. The molecule has 3 heteroatoms. The zero-order chi connectivity index (χ0) is 14.7. The molecule has 0 saturated carbocycles. The minimum atomic E-state index is 0.0701. The normalized spacial score (nSPS) is 14.9. The van der Waals surface area contributed by atoms with Crippen LogP contribution in [0.5, 0.6) is 5.75 Å². The zero-order valence-electron chi connectivity index (χ0n) is 12.3. The fourth-order valence-corrected chi connectivity index (χ4v) is 2.35. The van der Waals surface area contributed by atoms with Crippen molar-refractivity contribution in [3.8, 4) is 17.1 Å². The van der Waals surface area contributed by atoms with Crippen LogP contribution in [0.3, 0.4) is 0 Å². The molecular formula is C18H18N2O. The number of ether oxygens (including phenoxy) is 1. The van der Waals surface area contributed by atoms with E-state index in [9.17, 15) is 0 Å². The van der Waals surface area contributed by atoms with Gasteiger partial charge in [0.05, 0.1) is 11.4 Å². The number of rotatable bonds is 4. The van der Waals surface area contributed by atoms with Crippen LogP contribution in [-0.4, -0.2) is 16.1 Å². The Bertz CT molecular complexity index is 704. The predicted octanol–water partition coefficient (Wildman–Crippen LogP) is 4.11. The van der Waals surface area contributed by atoms with E-state index in [1.165, 1.54) is 11.1 Å². The molecule has 0 radical (unpaired) electrons. The summed E-state index contributed by atoms with van der Waals surface area (Å²) in [4.78, 5) is 8.75. The quantitative estimate of drug-likeness (QED) is 0.844. The number of aromatic nitrogens is 2. The minimum absolute atomic E-state index is 0.0701. The van der Waals surface area contributed by atoms with E-state index >= 15 is 0 Å². The lowest BCUT2D eigenvalue weighted by molar-refractivity contribution is 0.255. The molecule has 21 heavy (non-hydrogen) atoms. The van der Waals surface area contributed by atoms with Crippen molar-refractivity contribution in [2.45, 2.75) is 26.4 Å². The summed E-state index contributed by atoms with van der Waals surface area (Å²) in [6.07, 6.45) is 10.9. The highest BCUT2D eigenvalue weighted by atomic mass is 16.5. The Labute approximate surface area is 125 Å². The van der Waals surface area contributed by atoms with Gasteiger partial charge in [0.2, 0.25) is 0 Å². The van der Waals surface area contributed by atoms with E-state index in [2.05, 4.69) is 35.1 Å². The lowest BCUT2D eigenvalue weighted by Gasteiger charge is -2.16. The number of hydrogen-bond donors (Lipinski definition) is 0. The molecule has 1 atom stereocenters. The number of allylic oxidation sites excluding steroid dienone is 3. The monoisotopic (exact) mass is 278 g/mol. The second-order valence-corrected chi connectivity index (χ2v) is 5.23. The smallest absolute Gasteiger partial charge is 0.123 e. The third-order valence-corrected chi connectivity index (χ3v) is 3.54. The SMILES string of the molecule is Cc1ccnc(-c2cc(OC(C)C3=CC=CC3)ccn2)c1. The number of pyridine rings is 2. The average molecular weight is 278 g/mol. The predicted molar refractivity (Wildman–Crippen MR) is 84.1 cm³/mol. The average Bonchev–Trinajstić information content (AvgIpc) is 3.02. The molecule has 2 aromatic rings. The van der Waals surface area contributed by atoms with Gasteiger partial charge in [-0.15, -0.1) is 0 Å². The minimum Gasteiger partial charge on any atom is -0.486 e. The van der Waals surface area contributed by atoms with Crippen LogP contribution in [0.1, 0.15) is 18.9 Å². The molecule has 1 aliphatic rings. The van der Waals surface area contributed by atoms with Crippen LogP contribution in [-0.2, 0) is 0 Å². The van der Waals surface area contributed by atoms with Crippen molar-refractivity contribution in [2.75, 3.05) is 0 Å². The van der Waals surface area contributed by atoms with Crippen LogP contribution >= 0.6 is 0 Å². The van der Waals surface area contributed by atoms with Crippen molar-refractivity contribution in [3.05, 3.63) is 66.0 Å². The Morgan fingerprint density at radius 2 is 1.86 bits per heavy atom. The van der Waals surface area contributed by atoms with Crippen LogP contribution < -0.4 is 4.74 Å². The second kappa shape index (κ2) is 5.92. The molecular weight excluding hydrogens is 260 g/mol. The number of aryl methyl sites for hydroxylation is 1. The lowest BCUT2D eigenvalue weighted by atomic mass is 10.1. The molecule has 0 bridgehead atoms. The highest BCUT2D eigenvalue weighted by molar-refractivity contribution is 5.56. The molecule has 0 aromatic carbocycles. The van der Waals surface area contributed by atoms with Crippen molar-refractivity contribution >= 4 is 0 Å². The van der Waals surface area contributed by atoms with E-state index in [4.69, 9.17) is 4.74 Å². The van der Waals surface area contributed by atoms with Gasteiger partial charge in [-0.05, 0) is 49.6 Å². The molecule has 0 spiro atoms. The fraction of sp³-hybridized carbons (Fsp3) is 0.222. The van der Waals surface area contributed by atoms with Crippen molar-refractivity contribution < 1.29 is 4.74 Å². The number of nitrogens with zero attached hydrogens (tertiary/aromatic N) is 2. The van der Waals surface area contributed by atoms with E-state index in [0.29, 0.717) is 0 Å². The van der Waals surface area contributed by atoms with Crippen LogP contribution in [0.15, 0.2) is 60.5 Å². The van der Waals surface area contributed by atoms with E-state index in [-0.39, 0.29) is 6.10 Å². The van der Waals surface area contributed by atoms with Crippen LogP contribution in [0, 0.1) is 6.92 Å². The summed E-state index contributed by atoms with van der Waals surface area (Å²) >= 11 is 0. The maximum atomic E-state index is 6.01. The van der Waals surface area contributed by atoms with Gasteiger partial charge in [-0.3, -0.25) is 9.97 Å². The maximum absolute atomic E-state index is 6.01. The first-order chi connectivity index (χ1) is 10.2. The largest absolute Gasteiger partial charge is 0.486 e. The molecule has 2 aromatic heterocycles. The van der Waals surface area contributed by atoms with E-state index in [0.717, 1.165) is 23.6 Å². The van der Waals surface area contributed by atoms with Crippen molar-refractivity contribution in [3.63, 3.8) is 0 Å². The van der Waals surface area contributed by atoms with E-state index in [1.54, 1.807) is 12.4 Å². The molecule has 3 rings (SSSR count). The third kappa shape index (κ3) is 3.19. The summed E-state index contributed by atoms with van der Waals surface area (Å²) in [5.74, 6) is 0.823. The second-order valence-electron chi connectivity index (χ2n) is 5.23. The van der Waals surface area contributed by atoms with Crippen LogP contribution in [0.4, 0.5) is 0 Å².